The molecule has 2 rings (SSSR count). The summed E-state index contributed by atoms with van der Waals surface area (Å²) in [6.45, 7) is -0.0566. The number of nitrogens with one attached hydrogen (secondary N) is 1. The summed E-state index contributed by atoms with van der Waals surface area (Å²) in [5, 5.41) is 12.2. The van der Waals surface area contributed by atoms with Gasteiger partial charge >= 0.3 is 0 Å². The van der Waals surface area contributed by atoms with Crippen LogP contribution in [-0.4, -0.2) is 33.1 Å². The number of hydrogen-bond donors (Lipinski definition) is 3. The Kier molecular flexibility index (Phi) is 3.23. The number of carbonyl (C=O) groups is 1. The van der Waals surface area contributed by atoms with Crippen molar-refractivity contribution in [1.82, 2.24) is 15.3 Å². The molecule has 0 atom stereocenters. The lowest BCUT2D eigenvalue weighted by Gasteiger charge is -2.27. The molecule has 0 spiro atoms. The molecule has 1 saturated carbocycles. The van der Waals surface area contributed by atoms with Crippen molar-refractivity contribution in [3.63, 3.8) is 0 Å². The van der Waals surface area contributed by atoms with Crippen molar-refractivity contribution in [2.45, 2.75) is 31.2 Å². The van der Waals surface area contributed by atoms with Crippen molar-refractivity contribution < 1.29 is 9.90 Å². The number of hydrogen-bond acceptors (Lipinski definition) is 5. The van der Waals surface area contributed by atoms with Crippen LogP contribution < -0.4 is 11.1 Å². The highest BCUT2D eigenvalue weighted by Gasteiger charge is 2.35. The zero-order valence-electron chi connectivity index (χ0n) is 9.52. The summed E-state index contributed by atoms with van der Waals surface area (Å²) in [7, 11) is 0. The molecule has 1 amide bonds. The van der Waals surface area contributed by atoms with Gasteiger partial charge in [-0.25, -0.2) is 9.97 Å². The molecule has 4 N–H and O–H groups in total. The second kappa shape index (κ2) is 4.67. The summed E-state index contributed by atoms with van der Waals surface area (Å²) in [5.41, 5.74) is 5.19. The Morgan fingerprint density at radius 2 is 2.06 bits per heavy atom. The normalized spacial score (nSPS) is 17.9. The second-order valence-electron chi connectivity index (χ2n) is 4.39. The molecule has 1 aromatic heterocycles. The molecule has 0 radical (unpaired) electrons. The summed E-state index contributed by atoms with van der Waals surface area (Å²) >= 11 is 0. The third kappa shape index (κ3) is 2.36. The van der Waals surface area contributed by atoms with E-state index in [2.05, 4.69) is 15.3 Å². The lowest BCUT2D eigenvalue weighted by molar-refractivity contribution is 0.0834. The molecule has 0 aliphatic heterocycles. The third-order valence-electron chi connectivity index (χ3n) is 3.18. The van der Waals surface area contributed by atoms with Gasteiger partial charge < -0.3 is 16.2 Å². The van der Waals surface area contributed by atoms with Crippen LogP contribution in [0.15, 0.2) is 12.4 Å². The van der Waals surface area contributed by atoms with Crippen LogP contribution in [0.1, 0.15) is 36.2 Å². The monoisotopic (exact) mass is 236 g/mol. The Balaban J connectivity index is 2.14. The van der Waals surface area contributed by atoms with Crippen LogP contribution in [-0.2, 0) is 0 Å². The number of aromatic nitrogens is 2. The first-order chi connectivity index (χ1) is 8.17. The number of amides is 1. The molecule has 0 saturated heterocycles. The van der Waals surface area contributed by atoms with E-state index in [1.807, 2.05) is 0 Å². The van der Waals surface area contributed by atoms with Crippen LogP contribution in [0.3, 0.4) is 0 Å². The summed E-state index contributed by atoms with van der Waals surface area (Å²) in [4.78, 5) is 19.7. The minimum atomic E-state index is -0.513. The predicted octanol–water partition coefficient (Wildman–Crippen LogP) is 0.0937. The maximum absolute atomic E-state index is 12.0. The molecule has 92 valence electrons. The SMILES string of the molecule is Nc1nccnc1C(=O)NC1(CO)CCCC1. The third-order valence-corrected chi connectivity index (χ3v) is 3.18. The van der Waals surface area contributed by atoms with Crippen molar-refractivity contribution in [1.29, 1.82) is 0 Å². The van der Waals surface area contributed by atoms with E-state index in [9.17, 15) is 9.90 Å². The zero-order chi connectivity index (χ0) is 12.3. The number of anilines is 1. The highest BCUT2D eigenvalue weighted by atomic mass is 16.3. The molecule has 0 unspecified atom stereocenters. The van der Waals surface area contributed by atoms with E-state index in [0.717, 1.165) is 25.7 Å². The van der Waals surface area contributed by atoms with Crippen LogP contribution in [0.2, 0.25) is 0 Å². The van der Waals surface area contributed by atoms with Gasteiger partial charge in [0, 0.05) is 12.4 Å². The fraction of sp³-hybridized carbons (Fsp3) is 0.545. The van der Waals surface area contributed by atoms with E-state index in [4.69, 9.17) is 5.73 Å². The quantitative estimate of drug-likeness (QED) is 0.690. The minimum Gasteiger partial charge on any atom is -0.394 e. The van der Waals surface area contributed by atoms with Gasteiger partial charge in [0.25, 0.3) is 5.91 Å². The van der Waals surface area contributed by atoms with E-state index in [0.29, 0.717) is 0 Å². The smallest absolute Gasteiger partial charge is 0.274 e. The molecule has 0 bridgehead atoms. The molecule has 17 heavy (non-hydrogen) atoms. The summed E-state index contributed by atoms with van der Waals surface area (Å²) in [6.07, 6.45) is 6.45. The maximum atomic E-state index is 12.0. The molecule has 6 nitrogen and oxygen atoms in total. The molecule has 1 aliphatic carbocycles. The lowest BCUT2D eigenvalue weighted by Crippen LogP contribution is -2.49. The fourth-order valence-corrected chi connectivity index (χ4v) is 2.20. The van der Waals surface area contributed by atoms with Crippen LogP contribution in [0, 0.1) is 0 Å². The van der Waals surface area contributed by atoms with Crippen molar-refractivity contribution in [3.8, 4) is 0 Å². The van der Waals surface area contributed by atoms with E-state index < -0.39 is 5.54 Å². The van der Waals surface area contributed by atoms with Crippen LogP contribution in [0.25, 0.3) is 0 Å². The first-order valence-electron chi connectivity index (χ1n) is 5.67. The van der Waals surface area contributed by atoms with Gasteiger partial charge in [0.15, 0.2) is 11.5 Å². The standard InChI is InChI=1S/C11H16N4O2/c12-9-8(13-5-6-14-9)10(17)15-11(7-16)3-1-2-4-11/h5-6,16H,1-4,7H2,(H2,12,14)(H,15,17). The Morgan fingerprint density at radius 1 is 1.41 bits per heavy atom. The summed E-state index contributed by atoms with van der Waals surface area (Å²) < 4.78 is 0. The largest absolute Gasteiger partial charge is 0.394 e. The zero-order valence-corrected chi connectivity index (χ0v) is 9.52. The van der Waals surface area contributed by atoms with E-state index >= 15 is 0 Å². The molecule has 1 aromatic rings. The average Bonchev–Trinajstić information content (AvgIpc) is 2.79. The minimum absolute atomic E-state index is 0.0566. The van der Waals surface area contributed by atoms with Crippen LogP contribution >= 0.6 is 0 Å². The van der Waals surface area contributed by atoms with Gasteiger partial charge in [-0.1, -0.05) is 12.8 Å². The van der Waals surface area contributed by atoms with E-state index in [1.165, 1.54) is 12.4 Å². The van der Waals surface area contributed by atoms with Crippen LogP contribution in [0.4, 0.5) is 5.82 Å². The number of rotatable bonds is 3. The lowest BCUT2D eigenvalue weighted by atomic mass is 9.99. The Bertz CT molecular complexity index is 416. The number of nitrogen functional groups attached to an aromatic ring is 1. The second-order valence-corrected chi connectivity index (χ2v) is 4.39. The summed E-state index contributed by atoms with van der Waals surface area (Å²) in [6, 6.07) is 0. The van der Waals surface area contributed by atoms with Gasteiger partial charge in [-0.3, -0.25) is 4.79 Å². The van der Waals surface area contributed by atoms with Crippen molar-refractivity contribution >= 4 is 11.7 Å². The fourth-order valence-electron chi connectivity index (χ4n) is 2.20. The molecular formula is C11H16N4O2. The van der Waals surface area contributed by atoms with Gasteiger partial charge in [-0.2, -0.15) is 0 Å². The highest BCUT2D eigenvalue weighted by molar-refractivity contribution is 5.96. The Morgan fingerprint density at radius 3 is 2.65 bits per heavy atom. The molecular weight excluding hydrogens is 220 g/mol. The van der Waals surface area contributed by atoms with Gasteiger partial charge in [0.05, 0.1) is 12.1 Å². The molecule has 1 aliphatic rings. The highest BCUT2D eigenvalue weighted by Crippen LogP contribution is 2.29. The van der Waals surface area contributed by atoms with E-state index in [-0.39, 0.29) is 24.0 Å². The van der Waals surface area contributed by atoms with Gasteiger partial charge in [-0.15, -0.1) is 0 Å². The van der Waals surface area contributed by atoms with Crippen molar-refractivity contribution in [3.05, 3.63) is 18.1 Å². The summed E-state index contributed by atoms with van der Waals surface area (Å²) in [5.74, 6) is -0.261. The van der Waals surface area contributed by atoms with Crippen molar-refractivity contribution in [2.75, 3.05) is 12.3 Å². The Labute approximate surface area is 99.3 Å². The van der Waals surface area contributed by atoms with Gasteiger partial charge in [-0.05, 0) is 12.8 Å². The predicted molar refractivity (Wildman–Crippen MR) is 62.2 cm³/mol. The first kappa shape index (κ1) is 11.8. The number of carbonyl (C=O) groups excluding carboxylic acids is 1. The number of aliphatic hydroxyl groups is 1. The number of aliphatic hydroxyl groups excluding tert-OH is 1. The molecule has 1 fully saturated rings. The molecule has 0 aromatic carbocycles. The number of nitrogens with zero attached hydrogens (tertiary/aromatic N) is 2. The van der Waals surface area contributed by atoms with Gasteiger partial charge in [0.2, 0.25) is 0 Å². The Hall–Kier alpha value is -1.69. The van der Waals surface area contributed by atoms with Gasteiger partial charge in [0.1, 0.15) is 0 Å². The molecule has 1 heterocycles. The van der Waals surface area contributed by atoms with Crippen LogP contribution in [0.5, 0.6) is 0 Å². The number of nitrogens with two attached hydrogens (primary N) is 1. The average molecular weight is 236 g/mol. The maximum Gasteiger partial charge on any atom is 0.274 e. The first-order valence-corrected chi connectivity index (χ1v) is 5.67. The topological polar surface area (TPSA) is 101 Å². The molecule has 6 heteroatoms. The van der Waals surface area contributed by atoms with E-state index in [1.54, 1.807) is 0 Å². The van der Waals surface area contributed by atoms with Crippen molar-refractivity contribution in [2.24, 2.45) is 0 Å².